The Labute approximate surface area is 150 Å². The summed E-state index contributed by atoms with van der Waals surface area (Å²) in [5, 5.41) is 14.4. The predicted octanol–water partition coefficient (Wildman–Crippen LogP) is 0.232. The second kappa shape index (κ2) is 8.15. The molecule has 1 saturated heterocycles. The van der Waals surface area contributed by atoms with Crippen LogP contribution in [0.15, 0.2) is 36.7 Å². The Morgan fingerprint density at radius 2 is 2.08 bits per heavy atom. The van der Waals surface area contributed by atoms with E-state index in [2.05, 4.69) is 26.1 Å². The highest BCUT2D eigenvalue weighted by Crippen LogP contribution is 2.18. The highest BCUT2D eigenvalue weighted by atomic mass is 16.2. The number of H-pyrrole nitrogens is 1. The number of para-hydroxylation sites is 1. The van der Waals surface area contributed by atoms with Gasteiger partial charge in [0.2, 0.25) is 0 Å². The first-order chi connectivity index (χ1) is 12.6. The van der Waals surface area contributed by atoms with Crippen LogP contribution in [0.1, 0.15) is 11.1 Å². The van der Waals surface area contributed by atoms with E-state index in [-0.39, 0.29) is 6.03 Å². The third-order valence-electron chi connectivity index (χ3n) is 4.03. The molecule has 4 amide bonds. The van der Waals surface area contributed by atoms with Crippen LogP contribution in [-0.2, 0) is 22.6 Å². The summed E-state index contributed by atoms with van der Waals surface area (Å²) in [5.41, 5.74) is 2.23. The zero-order valence-electron chi connectivity index (χ0n) is 14.1. The summed E-state index contributed by atoms with van der Waals surface area (Å²) in [4.78, 5) is 37.4. The van der Waals surface area contributed by atoms with Gasteiger partial charge in [0.25, 0.3) is 0 Å². The molecule has 1 fully saturated rings. The molecule has 26 heavy (non-hydrogen) atoms. The lowest BCUT2D eigenvalue weighted by Gasteiger charge is -2.17. The number of carbonyl (C=O) groups excluding carboxylic acids is 3. The number of rotatable bonds is 6. The van der Waals surface area contributed by atoms with E-state index < -0.39 is 11.8 Å². The van der Waals surface area contributed by atoms with Crippen LogP contribution in [0.2, 0.25) is 0 Å². The largest absolute Gasteiger partial charge is 0.347 e. The monoisotopic (exact) mass is 356 g/mol. The molecule has 1 aromatic carbocycles. The van der Waals surface area contributed by atoms with Gasteiger partial charge in [-0.25, -0.2) is 4.79 Å². The van der Waals surface area contributed by atoms with Crippen molar-refractivity contribution in [1.29, 1.82) is 0 Å². The number of nitrogens with zero attached hydrogens (tertiary/aromatic N) is 2. The van der Waals surface area contributed by atoms with Gasteiger partial charge in [-0.3, -0.25) is 14.7 Å². The number of anilines is 1. The molecule has 1 aromatic heterocycles. The third-order valence-corrected chi connectivity index (χ3v) is 4.03. The van der Waals surface area contributed by atoms with E-state index in [1.54, 1.807) is 29.4 Å². The number of amides is 4. The number of urea groups is 1. The highest BCUT2D eigenvalue weighted by molar-refractivity contribution is 6.39. The molecule has 0 bridgehead atoms. The maximum Gasteiger partial charge on any atom is 0.317 e. The number of benzene rings is 1. The van der Waals surface area contributed by atoms with Crippen molar-refractivity contribution >= 4 is 23.5 Å². The molecule has 1 aliphatic rings. The number of nitrogens with one attached hydrogen (secondary N) is 4. The summed E-state index contributed by atoms with van der Waals surface area (Å²) in [5.74, 6) is -1.45. The van der Waals surface area contributed by atoms with E-state index in [4.69, 9.17) is 0 Å². The third kappa shape index (κ3) is 4.38. The van der Waals surface area contributed by atoms with Gasteiger partial charge in [-0.1, -0.05) is 18.2 Å². The number of hydrogen-bond donors (Lipinski definition) is 4. The maximum atomic E-state index is 12.1. The van der Waals surface area contributed by atoms with Crippen LogP contribution in [0.5, 0.6) is 0 Å². The number of aromatic nitrogens is 2. The fourth-order valence-electron chi connectivity index (χ4n) is 2.64. The van der Waals surface area contributed by atoms with Crippen molar-refractivity contribution in [2.75, 3.05) is 25.0 Å². The Kier molecular flexibility index (Phi) is 5.47. The van der Waals surface area contributed by atoms with E-state index >= 15 is 0 Å². The Balaban J connectivity index is 1.54. The quantitative estimate of drug-likeness (QED) is 0.554. The zero-order chi connectivity index (χ0) is 18.4. The average molecular weight is 356 g/mol. The van der Waals surface area contributed by atoms with E-state index in [9.17, 15) is 14.4 Å². The topological polar surface area (TPSA) is 119 Å². The molecule has 0 radical (unpaired) electrons. The van der Waals surface area contributed by atoms with Gasteiger partial charge in [-0.2, -0.15) is 5.10 Å². The van der Waals surface area contributed by atoms with Crippen molar-refractivity contribution in [3.05, 3.63) is 47.8 Å². The van der Waals surface area contributed by atoms with Gasteiger partial charge in [0.05, 0.1) is 6.20 Å². The van der Waals surface area contributed by atoms with Gasteiger partial charge in [0, 0.05) is 38.1 Å². The molecule has 3 rings (SSSR count). The number of hydrogen-bond acceptors (Lipinski definition) is 4. The molecule has 9 nitrogen and oxygen atoms in total. The lowest BCUT2D eigenvalue weighted by Crippen LogP contribution is -2.36. The van der Waals surface area contributed by atoms with Gasteiger partial charge < -0.3 is 20.9 Å². The van der Waals surface area contributed by atoms with Crippen LogP contribution < -0.4 is 16.0 Å². The first-order valence-corrected chi connectivity index (χ1v) is 8.31. The molecule has 136 valence electrons. The zero-order valence-corrected chi connectivity index (χ0v) is 14.1. The standard InChI is InChI=1S/C17H20N6O3/c24-15(18-6-5-12-9-20-21-10-12)16(25)22-14-4-2-1-3-13(14)11-23-8-7-19-17(23)26/h1-4,9-10H,5-8,11H2,(H,18,24)(H,19,26)(H,20,21)(H,22,25). The number of aromatic amines is 1. The summed E-state index contributed by atoms with van der Waals surface area (Å²) in [7, 11) is 0. The van der Waals surface area contributed by atoms with Crippen molar-refractivity contribution in [2.45, 2.75) is 13.0 Å². The Morgan fingerprint density at radius 3 is 2.81 bits per heavy atom. The Hall–Kier alpha value is -3.36. The molecule has 0 aliphatic carbocycles. The maximum absolute atomic E-state index is 12.1. The van der Waals surface area contributed by atoms with Crippen LogP contribution in [0, 0.1) is 0 Å². The molecule has 0 atom stereocenters. The summed E-state index contributed by atoms with van der Waals surface area (Å²) >= 11 is 0. The van der Waals surface area contributed by atoms with E-state index in [1.807, 2.05) is 12.1 Å². The van der Waals surface area contributed by atoms with Crippen LogP contribution in [0.4, 0.5) is 10.5 Å². The van der Waals surface area contributed by atoms with Gasteiger partial charge >= 0.3 is 17.8 Å². The van der Waals surface area contributed by atoms with Crippen molar-refractivity contribution in [2.24, 2.45) is 0 Å². The first kappa shape index (κ1) is 17.5. The Bertz CT molecular complexity index is 790. The SMILES string of the molecule is O=C(NCCc1cn[nH]c1)C(=O)Nc1ccccc1CN1CCNC1=O. The van der Waals surface area contributed by atoms with Gasteiger partial charge in [-0.05, 0) is 23.6 Å². The fourth-order valence-corrected chi connectivity index (χ4v) is 2.64. The molecule has 4 N–H and O–H groups in total. The van der Waals surface area contributed by atoms with Gasteiger partial charge in [0.1, 0.15) is 0 Å². The molecule has 1 aliphatic heterocycles. The molecule has 2 aromatic rings. The van der Waals surface area contributed by atoms with Crippen molar-refractivity contribution in [1.82, 2.24) is 25.7 Å². The smallest absolute Gasteiger partial charge is 0.317 e. The molecular weight excluding hydrogens is 336 g/mol. The number of carbonyl (C=O) groups is 3. The Morgan fingerprint density at radius 1 is 1.23 bits per heavy atom. The van der Waals surface area contributed by atoms with Crippen LogP contribution in [0.3, 0.4) is 0 Å². The van der Waals surface area contributed by atoms with E-state index in [1.165, 1.54) is 0 Å². The van der Waals surface area contributed by atoms with Crippen molar-refractivity contribution in [3.8, 4) is 0 Å². The van der Waals surface area contributed by atoms with E-state index in [0.29, 0.717) is 38.3 Å². The van der Waals surface area contributed by atoms with Crippen LogP contribution in [-0.4, -0.2) is 52.6 Å². The molecule has 0 spiro atoms. The minimum Gasteiger partial charge on any atom is -0.347 e. The van der Waals surface area contributed by atoms with Crippen molar-refractivity contribution < 1.29 is 14.4 Å². The minimum absolute atomic E-state index is 0.136. The molecule has 0 saturated carbocycles. The normalized spacial score (nSPS) is 13.4. The summed E-state index contributed by atoms with van der Waals surface area (Å²) in [6.45, 7) is 1.91. The van der Waals surface area contributed by atoms with Crippen LogP contribution in [0.25, 0.3) is 0 Å². The summed E-state index contributed by atoms with van der Waals surface area (Å²) < 4.78 is 0. The van der Waals surface area contributed by atoms with E-state index in [0.717, 1.165) is 11.1 Å². The molecule has 9 heteroatoms. The second-order valence-electron chi connectivity index (χ2n) is 5.88. The summed E-state index contributed by atoms with van der Waals surface area (Å²) in [6.07, 6.45) is 3.98. The van der Waals surface area contributed by atoms with Crippen LogP contribution >= 0.6 is 0 Å². The summed E-state index contributed by atoms with van der Waals surface area (Å²) in [6, 6.07) is 6.98. The fraction of sp³-hybridized carbons (Fsp3) is 0.294. The van der Waals surface area contributed by atoms with Crippen molar-refractivity contribution in [3.63, 3.8) is 0 Å². The van der Waals surface area contributed by atoms with Gasteiger partial charge in [0.15, 0.2) is 0 Å². The molecule has 0 unspecified atom stereocenters. The first-order valence-electron chi connectivity index (χ1n) is 8.31. The lowest BCUT2D eigenvalue weighted by molar-refractivity contribution is -0.136. The molecule has 2 heterocycles. The second-order valence-corrected chi connectivity index (χ2v) is 5.88. The lowest BCUT2D eigenvalue weighted by atomic mass is 10.1. The predicted molar refractivity (Wildman–Crippen MR) is 94.2 cm³/mol. The van der Waals surface area contributed by atoms with Gasteiger partial charge in [-0.15, -0.1) is 0 Å². The highest BCUT2D eigenvalue weighted by Gasteiger charge is 2.21. The average Bonchev–Trinajstić information content (AvgIpc) is 3.29. The minimum atomic E-state index is -0.740. The molecular formula is C17H20N6O3.